The van der Waals surface area contributed by atoms with Crippen molar-refractivity contribution in [2.24, 2.45) is 5.73 Å². The van der Waals surface area contributed by atoms with Crippen molar-refractivity contribution in [2.75, 3.05) is 6.54 Å². The molecule has 0 unspecified atom stereocenters. The largest absolute Gasteiger partial charge is 0.324 e. The van der Waals surface area contributed by atoms with Crippen LogP contribution in [0.5, 0.6) is 0 Å². The van der Waals surface area contributed by atoms with Gasteiger partial charge in [0.15, 0.2) is 0 Å². The van der Waals surface area contributed by atoms with Crippen LogP contribution in [0.25, 0.3) is 0 Å². The van der Waals surface area contributed by atoms with Crippen molar-refractivity contribution in [3.05, 3.63) is 0 Å². The van der Waals surface area contributed by atoms with E-state index in [9.17, 15) is 0 Å². The molecule has 2 bridgehead atoms. The third-order valence-electron chi connectivity index (χ3n) is 3.25. The summed E-state index contributed by atoms with van der Waals surface area (Å²) in [7, 11) is 0. The number of rotatable bonds is 1. The summed E-state index contributed by atoms with van der Waals surface area (Å²) >= 11 is 0. The zero-order valence-electron chi connectivity index (χ0n) is 7.51. The Kier molecular flexibility index (Phi) is 1.52. The van der Waals surface area contributed by atoms with Crippen LogP contribution in [0, 0.1) is 0 Å². The van der Waals surface area contributed by atoms with Gasteiger partial charge in [-0.05, 0) is 33.1 Å². The molecule has 2 heteroatoms. The summed E-state index contributed by atoms with van der Waals surface area (Å²) in [6.07, 6.45) is 3.82. The first-order valence-electron chi connectivity index (χ1n) is 4.65. The molecule has 2 N–H and O–H groups in total. The van der Waals surface area contributed by atoms with Gasteiger partial charge in [-0.15, -0.1) is 0 Å². The Bertz CT molecular complexity index is 167. The molecule has 2 nitrogen and oxygen atoms in total. The first-order chi connectivity index (χ1) is 5.11. The Morgan fingerprint density at radius 1 is 1.55 bits per heavy atom. The number of piperidine rings is 1. The molecule has 0 amide bonds. The van der Waals surface area contributed by atoms with Crippen molar-refractivity contribution in [3.8, 4) is 0 Å². The molecule has 2 atom stereocenters. The Balaban J connectivity index is 2.10. The molecular formula is C9H18N2. The molecule has 2 aliphatic rings. The van der Waals surface area contributed by atoms with E-state index >= 15 is 0 Å². The summed E-state index contributed by atoms with van der Waals surface area (Å²) in [6.45, 7) is 5.67. The first kappa shape index (κ1) is 7.56. The van der Waals surface area contributed by atoms with Crippen LogP contribution in [0.15, 0.2) is 0 Å². The smallest absolute Gasteiger partial charge is 0.0299 e. The monoisotopic (exact) mass is 154 g/mol. The summed E-state index contributed by atoms with van der Waals surface area (Å²) < 4.78 is 0. The molecular weight excluding hydrogens is 136 g/mol. The molecule has 0 aromatic carbocycles. The van der Waals surface area contributed by atoms with E-state index in [4.69, 9.17) is 5.73 Å². The Morgan fingerprint density at radius 2 is 2.27 bits per heavy atom. The lowest BCUT2D eigenvalue weighted by molar-refractivity contribution is 0.162. The fourth-order valence-electron chi connectivity index (χ4n) is 2.65. The maximum Gasteiger partial charge on any atom is 0.0299 e. The topological polar surface area (TPSA) is 29.3 Å². The Hall–Kier alpha value is -0.0800. The molecule has 1 aliphatic heterocycles. The predicted molar refractivity (Wildman–Crippen MR) is 46.4 cm³/mol. The minimum atomic E-state index is 0.189. The van der Waals surface area contributed by atoms with E-state index in [2.05, 4.69) is 18.7 Å². The second kappa shape index (κ2) is 2.20. The second-order valence-corrected chi connectivity index (χ2v) is 4.53. The fourth-order valence-corrected chi connectivity index (χ4v) is 2.65. The maximum absolute atomic E-state index is 6.19. The summed E-state index contributed by atoms with van der Waals surface area (Å²) in [6, 6.07) is 1.49. The highest BCUT2D eigenvalue weighted by atomic mass is 15.2. The van der Waals surface area contributed by atoms with Gasteiger partial charge in [0.25, 0.3) is 0 Å². The third kappa shape index (κ3) is 1.09. The van der Waals surface area contributed by atoms with Crippen molar-refractivity contribution >= 4 is 0 Å². The molecule has 2 rings (SSSR count). The normalized spacial score (nSPS) is 44.2. The van der Waals surface area contributed by atoms with E-state index in [1.807, 2.05) is 0 Å². The summed E-state index contributed by atoms with van der Waals surface area (Å²) in [4.78, 5) is 2.56. The minimum absolute atomic E-state index is 0.189. The highest BCUT2D eigenvalue weighted by molar-refractivity contribution is 5.06. The van der Waals surface area contributed by atoms with Crippen LogP contribution in [-0.2, 0) is 0 Å². The second-order valence-electron chi connectivity index (χ2n) is 4.53. The number of hydrogen-bond acceptors (Lipinski definition) is 2. The van der Waals surface area contributed by atoms with Gasteiger partial charge in [-0.2, -0.15) is 0 Å². The van der Waals surface area contributed by atoms with Crippen LogP contribution in [0.4, 0.5) is 0 Å². The molecule has 0 aromatic heterocycles. The number of fused-ring (bicyclic) bond motifs is 2. The number of nitrogens with zero attached hydrogens (tertiary/aromatic N) is 1. The average Bonchev–Trinajstić information content (AvgIpc) is 2.41. The highest BCUT2D eigenvalue weighted by Crippen LogP contribution is 2.39. The third-order valence-corrected chi connectivity index (χ3v) is 3.25. The van der Waals surface area contributed by atoms with Gasteiger partial charge in [-0.25, -0.2) is 0 Å². The fraction of sp³-hybridized carbons (Fsp3) is 1.00. The molecule has 0 aromatic rings. The van der Waals surface area contributed by atoms with E-state index in [-0.39, 0.29) is 5.54 Å². The minimum Gasteiger partial charge on any atom is -0.324 e. The maximum atomic E-state index is 6.19. The molecule has 11 heavy (non-hydrogen) atoms. The summed E-state index contributed by atoms with van der Waals surface area (Å²) in [5, 5.41) is 0. The van der Waals surface area contributed by atoms with Crippen LogP contribution in [0.2, 0.25) is 0 Å². The van der Waals surface area contributed by atoms with Crippen LogP contribution in [-0.4, -0.2) is 29.1 Å². The SMILES string of the molecule is CC(C)N1C[C@]2(N)CC[C@@H]1C2. The molecule has 64 valence electrons. The van der Waals surface area contributed by atoms with Crippen LogP contribution in [0.1, 0.15) is 33.1 Å². The molecule has 2 fully saturated rings. The molecule has 0 spiro atoms. The van der Waals surface area contributed by atoms with Gasteiger partial charge in [0.2, 0.25) is 0 Å². The molecule has 1 saturated carbocycles. The molecule has 1 saturated heterocycles. The summed E-state index contributed by atoms with van der Waals surface area (Å²) in [5.74, 6) is 0. The lowest BCUT2D eigenvalue weighted by Crippen LogP contribution is -2.46. The van der Waals surface area contributed by atoms with Crippen LogP contribution in [0.3, 0.4) is 0 Å². The van der Waals surface area contributed by atoms with Crippen molar-refractivity contribution < 1.29 is 0 Å². The van der Waals surface area contributed by atoms with Crippen LogP contribution >= 0.6 is 0 Å². The number of hydrogen-bond donors (Lipinski definition) is 1. The van der Waals surface area contributed by atoms with E-state index < -0.39 is 0 Å². The van der Waals surface area contributed by atoms with Crippen molar-refractivity contribution in [1.82, 2.24) is 4.90 Å². The average molecular weight is 154 g/mol. The molecule has 0 radical (unpaired) electrons. The summed E-state index contributed by atoms with van der Waals surface area (Å²) in [5.41, 5.74) is 6.38. The van der Waals surface area contributed by atoms with Gasteiger partial charge in [0.05, 0.1) is 0 Å². The van der Waals surface area contributed by atoms with Crippen LogP contribution < -0.4 is 5.73 Å². The van der Waals surface area contributed by atoms with Gasteiger partial charge < -0.3 is 5.73 Å². The predicted octanol–water partition coefficient (Wildman–Crippen LogP) is 0.960. The van der Waals surface area contributed by atoms with Gasteiger partial charge in [-0.3, -0.25) is 4.90 Å². The van der Waals surface area contributed by atoms with Gasteiger partial charge >= 0.3 is 0 Å². The van der Waals surface area contributed by atoms with Crippen molar-refractivity contribution in [2.45, 2.75) is 50.7 Å². The highest BCUT2D eigenvalue weighted by Gasteiger charge is 2.47. The first-order valence-corrected chi connectivity index (χ1v) is 4.65. The standard InChI is InChI=1S/C9H18N2/c1-7(2)11-6-9(10)4-3-8(11)5-9/h7-8H,3-6,10H2,1-2H3/t8-,9+/m1/s1. The van der Waals surface area contributed by atoms with E-state index in [1.165, 1.54) is 19.3 Å². The Morgan fingerprint density at radius 3 is 2.55 bits per heavy atom. The molecule has 1 heterocycles. The van der Waals surface area contributed by atoms with E-state index in [1.54, 1.807) is 0 Å². The lowest BCUT2D eigenvalue weighted by Gasteiger charge is -2.33. The quantitative estimate of drug-likeness (QED) is 0.609. The van der Waals surface area contributed by atoms with E-state index in [0.717, 1.165) is 12.6 Å². The van der Waals surface area contributed by atoms with E-state index in [0.29, 0.717) is 6.04 Å². The van der Waals surface area contributed by atoms with Gasteiger partial charge in [0.1, 0.15) is 0 Å². The van der Waals surface area contributed by atoms with Gasteiger partial charge in [-0.1, -0.05) is 0 Å². The van der Waals surface area contributed by atoms with Gasteiger partial charge in [0, 0.05) is 24.2 Å². The molecule has 1 aliphatic carbocycles. The van der Waals surface area contributed by atoms with Crippen molar-refractivity contribution in [1.29, 1.82) is 0 Å². The van der Waals surface area contributed by atoms with Crippen molar-refractivity contribution in [3.63, 3.8) is 0 Å². The number of nitrogens with two attached hydrogens (primary N) is 1. The lowest BCUT2D eigenvalue weighted by atomic mass is 10.0. The zero-order valence-corrected chi connectivity index (χ0v) is 7.51. The Labute approximate surface area is 68.7 Å². The number of likely N-dealkylation sites (tertiary alicyclic amines) is 1. The zero-order chi connectivity index (χ0) is 8.06.